The number of fused-ring (bicyclic) bond motifs is 1. The highest BCUT2D eigenvalue weighted by Gasteiger charge is 2.29. The Labute approximate surface area is 148 Å². The average molecular weight is 341 g/mol. The third-order valence-corrected chi connectivity index (χ3v) is 5.53. The topological polar surface area (TPSA) is 55.5 Å². The van der Waals surface area contributed by atoms with Gasteiger partial charge in [-0.3, -0.25) is 9.69 Å². The molecule has 0 bridgehead atoms. The predicted octanol–water partition coefficient (Wildman–Crippen LogP) is 2.09. The SMILES string of the molecule is C[C@H](C(=O)N1CCCC1)N1CCCN(c2nc3ccccc3[nH]2)CC1. The van der Waals surface area contributed by atoms with Crippen LogP contribution in [0.1, 0.15) is 26.2 Å². The van der Waals surface area contributed by atoms with Crippen LogP contribution in [0.5, 0.6) is 0 Å². The second-order valence-corrected chi connectivity index (χ2v) is 7.16. The lowest BCUT2D eigenvalue weighted by Crippen LogP contribution is -2.47. The Hall–Kier alpha value is -2.08. The summed E-state index contributed by atoms with van der Waals surface area (Å²) >= 11 is 0. The molecule has 134 valence electrons. The fourth-order valence-corrected chi connectivity index (χ4v) is 3.98. The van der Waals surface area contributed by atoms with E-state index in [4.69, 9.17) is 4.98 Å². The van der Waals surface area contributed by atoms with Crippen LogP contribution in [0.4, 0.5) is 5.95 Å². The molecule has 0 spiro atoms. The molecule has 0 unspecified atom stereocenters. The molecule has 6 nitrogen and oxygen atoms in total. The average Bonchev–Trinajstić information content (AvgIpc) is 3.25. The first-order valence-corrected chi connectivity index (χ1v) is 9.45. The van der Waals surface area contributed by atoms with Gasteiger partial charge in [0.25, 0.3) is 0 Å². The van der Waals surface area contributed by atoms with Crippen LogP contribution in [0.2, 0.25) is 0 Å². The molecule has 3 heterocycles. The van der Waals surface area contributed by atoms with E-state index in [0.717, 1.165) is 75.5 Å². The predicted molar refractivity (Wildman–Crippen MR) is 99.8 cm³/mol. The van der Waals surface area contributed by atoms with Crippen LogP contribution in [-0.4, -0.2) is 71.0 Å². The lowest BCUT2D eigenvalue weighted by Gasteiger charge is -2.30. The molecule has 2 aliphatic heterocycles. The zero-order valence-electron chi connectivity index (χ0n) is 14.9. The zero-order chi connectivity index (χ0) is 17.2. The number of nitrogens with zero attached hydrogens (tertiary/aromatic N) is 4. The lowest BCUT2D eigenvalue weighted by atomic mass is 10.2. The maximum Gasteiger partial charge on any atom is 0.239 e. The molecule has 0 aliphatic carbocycles. The standard InChI is InChI=1S/C19H27N5O/c1-15(18(25)23-9-4-5-10-23)22-11-6-12-24(14-13-22)19-20-16-7-2-3-8-17(16)21-19/h2-3,7-8,15H,4-6,9-14H2,1H3,(H,20,21)/t15-/m1/s1. The van der Waals surface area contributed by atoms with Gasteiger partial charge in [-0.05, 0) is 38.3 Å². The van der Waals surface area contributed by atoms with Crippen molar-refractivity contribution in [3.63, 3.8) is 0 Å². The molecule has 1 N–H and O–H groups in total. The van der Waals surface area contributed by atoms with E-state index in [1.165, 1.54) is 0 Å². The van der Waals surface area contributed by atoms with Gasteiger partial charge in [0.05, 0.1) is 17.1 Å². The van der Waals surface area contributed by atoms with Gasteiger partial charge in [0.15, 0.2) is 0 Å². The molecular formula is C19H27N5O. The summed E-state index contributed by atoms with van der Waals surface area (Å²) in [6, 6.07) is 8.12. The van der Waals surface area contributed by atoms with Gasteiger partial charge in [-0.25, -0.2) is 4.98 Å². The number of aromatic nitrogens is 2. The molecule has 0 saturated carbocycles. The monoisotopic (exact) mass is 341 g/mol. The first-order valence-electron chi connectivity index (χ1n) is 9.45. The quantitative estimate of drug-likeness (QED) is 0.929. The van der Waals surface area contributed by atoms with E-state index in [1.807, 2.05) is 23.1 Å². The van der Waals surface area contributed by atoms with Crippen LogP contribution >= 0.6 is 0 Å². The van der Waals surface area contributed by atoms with Crippen molar-refractivity contribution < 1.29 is 4.79 Å². The Morgan fingerprint density at radius 2 is 1.84 bits per heavy atom. The molecule has 4 rings (SSSR count). The molecule has 2 saturated heterocycles. The van der Waals surface area contributed by atoms with Crippen LogP contribution in [0, 0.1) is 0 Å². The number of para-hydroxylation sites is 2. The van der Waals surface area contributed by atoms with Crippen LogP contribution in [0.3, 0.4) is 0 Å². The molecule has 6 heteroatoms. The smallest absolute Gasteiger partial charge is 0.239 e. The maximum atomic E-state index is 12.7. The van der Waals surface area contributed by atoms with E-state index in [9.17, 15) is 4.79 Å². The maximum absolute atomic E-state index is 12.7. The summed E-state index contributed by atoms with van der Waals surface area (Å²) in [7, 11) is 0. The lowest BCUT2D eigenvalue weighted by molar-refractivity contribution is -0.135. The summed E-state index contributed by atoms with van der Waals surface area (Å²) in [6.07, 6.45) is 3.35. The van der Waals surface area contributed by atoms with Crippen molar-refractivity contribution in [1.82, 2.24) is 19.8 Å². The molecule has 2 aromatic rings. The third-order valence-electron chi connectivity index (χ3n) is 5.53. The minimum absolute atomic E-state index is 0.0197. The van der Waals surface area contributed by atoms with Crippen molar-refractivity contribution in [3.05, 3.63) is 24.3 Å². The molecular weight excluding hydrogens is 314 g/mol. The zero-order valence-corrected chi connectivity index (χ0v) is 14.9. The first-order chi connectivity index (χ1) is 12.2. The van der Waals surface area contributed by atoms with Gasteiger partial charge in [-0.1, -0.05) is 12.1 Å². The fourth-order valence-electron chi connectivity index (χ4n) is 3.98. The molecule has 2 aliphatic rings. The number of imidazole rings is 1. The van der Waals surface area contributed by atoms with Crippen molar-refractivity contribution in [2.24, 2.45) is 0 Å². The molecule has 1 atom stereocenters. The van der Waals surface area contributed by atoms with E-state index in [-0.39, 0.29) is 6.04 Å². The van der Waals surface area contributed by atoms with Gasteiger partial charge in [-0.2, -0.15) is 0 Å². The summed E-state index contributed by atoms with van der Waals surface area (Å²) in [4.78, 5) is 27.5. The van der Waals surface area contributed by atoms with Crippen molar-refractivity contribution >= 4 is 22.9 Å². The van der Waals surface area contributed by atoms with Crippen LogP contribution in [0.25, 0.3) is 11.0 Å². The third kappa shape index (κ3) is 3.35. The highest BCUT2D eigenvalue weighted by atomic mass is 16.2. The number of H-pyrrole nitrogens is 1. The highest BCUT2D eigenvalue weighted by molar-refractivity contribution is 5.81. The van der Waals surface area contributed by atoms with E-state index in [0.29, 0.717) is 5.91 Å². The van der Waals surface area contributed by atoms with Crippen LogP contribution < -0.4 is 4.90 Å². The van der Waals surface area contributed by atoms with E-state index in [2.05, 4.69) is 27.8 Å². The number of benzene rings is 1. The largest absolute Gasteiger partial charge is 0.341 e. The molecule has 1 aromatic carbocycles. The van der Waals surface area contributed by atoms with Gasteiger partial charge in [0.1, 0.15) is 0 Å². The Morgan fingerprint density at radius 3 is 2.64 bits per heavy atom. The van der Waals surface area contributed by atoms with Gasteiger partial charge in [0.2, 0.25) is 11.9 Å². The number of hydrogen-bond acceptors (Lipinski definition) is 4. The number of hydrogen-bond donors (Lipinski definition) is 1. The minimum atomic E-state index is -0.0197. The number of anilines is 1. The minimum Gasteiger partial charge on any atom is -0.341 e. The number of amides is 1. The van der Waals surface area contributed by atoms with Crippen LogP contribution in [-0.2, 0) is 4.79 Å². The second kappa shape index (κ2) is 7.04. The molecule has 1 amide bonds. The van der Waals surface area contributed by atoms with Crippen molar-refractivity contribution in [1.29, 1.82) is 0 Å². The number of nitrogens with one attached hydrogen (secondary N) is 1. The van der Waals surface area contributed by atoms with E-state index < -0.39 is 0 Å². The second-order valence-electron chi connectivity index (χ2n) is 7.16. The number of aromatic amines is 1. The number of carbonyl (C=O) groups excluding carboxylic acids is 1. The highest BCUT2D eigenvalue weighted by Crippen LogP contribution is 2.19. The van der Waals surface area contributed by atoms with Crippen molar-refractivity contribution in [2.45, 2.75) is 32.2 Å². The molecule has 25 heavy (non-hydrogen) atoms. The summed E-state index contributed by atoms with van der Waals surface area (Å²) in [6.45, 7) is 7.68. The Kier molecular flexibility index (Phi) is 4.61. The van der Waals surface area contributed by atoms with Gasteiger partial charge in [0, 0.05) is 39.3 Å². The van der Waals surface area contributed by atoms with E-state index in [1.54, 1.807) is 0 Å². The van der Waals surface area contributed by atoms with Gasteiger partial charge >= 0.3 is 0 Å². The number of likely N-dealkylation sites (tertiary alicyclic amines) is 1. The summed E-state index contributed by atoms with van der Waals surface area (Å²) in [5.74, 6) is 1.25. The van der Waals surface area contributed by atoms with E-state index >= 15 is 0 Å². The first kappa shape index (κ1) is 16.4. The summed E-state index contributed by atoms with van der Waals surface area (Å²) in [5.41, 5.74) is 2.09. The number of carbonyl (C=O) groups is 1. The Bertz CT molecular complexity index is 703. The fraction of sp³-hybridized carbons (Fsp3) is 0.579. The van der Waals surface area contributed by atoms with Crippen LogP contribution in [0.15, 0.2) is 24.3 Å². The van der Waals surface area contributed by atoms with Gasteiger partial charge < -0.3 is 14.8 Å². The Balaban J connectivity index is 1.42. The van der Waals surface area contributed by atoms with Crippen molar-refractivity contribution in [3.8, 4) is 0 Å². The number of rotatable bonds is 3. The molecule has 0 radical (unpaired) electrons. The summed E-state index contributed by atoms with van der Waals surface area (Å²) < 4.78 is 0. The Morgan fingerprint density at radius 1 is 1.04 bits per heavy atom. The van der Waals surface area contributed by atoms with Gasteiger partial charge in [-0.15, -0.1) is 0 Å². The normalized spacial score (nSPS) is 20.8. The van der Waals surface area contributed by atoms with Crippen molar-refractivity contribution in [2.75, 3.05) is 44.2 Å². The molecule has 2 fully saturated rings. The summed E-state index contributed by atoms with van der Waals surface area (Å²) in [5, 5.41) is 0. The molecule has 1 aromatic heterocycles.